The van der Waals surface area contributed by atoms with Gasteiger partial charge in [-0.15, -0.1) is 0 Å². The molecule has 37 heavy (non-hydrogen) atoms. The van der Waals surface area contributed by atoms with Gasteiger partial charge in [-0.1, -0.05) is 45.4 Å². The van der Waals surface area contributed by atoms with Crippen LogP contribution >= 0.6 is 0 Å². The lowest BCUT2D eigenvalue weighted by Crippen LogP contribution is -2.44. The van der Waals surface area contributed by atoms with Crippen molar-refractivity contribution in [2.75, 3.05) is 13.1 Å². The van der Waals surface area contributed by atoms with E-state index in [9.17, 15) is 0 Å². The molecule has 1 aliphatic heterocycles. The van der Waals surface area contributed by atoms with E-state index in [0.29, 0.717) is 11.0 Å². The molecule has 1 saturated heterocycles. The summed E-state index contributed by atoms with van der Waals surface area (Å²) in [6.07, 6.45) is 11.0. The SMILES string of the molecule is CC(C)(C)C1CC1.CC(C)(C)N1CCCCC1.CC(C)(C)Oc1ccccc1.CC(C)(C)n1cccn1. The largest absolute Gasteiger partial charge is 0.488 e. The summed E-state index contributed by atoms with van der Waals surface area (Å²) < 4.78 is 7.54. The van der Waals surface area contributed by atoms with E-state index >= 15 is 0 Å². The van der Waals surface area contributed by atoms with Crippen molar-refractivity contribution < 1.29 is 4.74 Å². The second-order valence-corrected chi connectivity index (χ2v) is 14.5. The number of ether oxygens (including phenoxy) is 1. The Labute approximate surface area is 230 Å². The lowest BCUT2D eigenvalue weighted by molar-refractivity contribution is 0.111. The maximum atomic E-state index is 5.60. The number of rotatable bonds is 1. The van der Waals surface area contributed by atoms with Crippen LogP contribution in [0.2, 0.25) is 0 Å². The van der Waals surface area contributed by atoms with E-state index in [1.54, 1.807) is 6.20 Å². The molecule has 0 atom stereocenters. The number of likely N-dealkylation sites (tertiary alicyclic amines) is 1. The van der Waals surface area contributed by atoms with Crippen LogP contribution in [0.25, 0.3) is 0 Å². The lowest BCUT2D eigenvalue weighted by Gasteiger charge is -2.38. The van der Waals surface area contributed by atoms with E-state index in [1.807, 2.05) is 68.0 Å². The van der Waals surface area contributed by atoms with Crippen molar-refractivity contribution in [3.05, 3.63) is 48.8 Å². The molecule has 1 aromatic heterocycles. The Morgan fingerprint density at radius 1 is 0.703 bits per heavy atom. The third-order valence-electron chi connectivity index (χ3n) is 6.47. The third kappa shape index (κ3) is 15.9. The van der Waals surface area contributed by atoms with Gasteiger partial charge < -0.3 is 4.74 Å². The van der Waals surface area contributed by atoms with Gasteiger partial charge in [0.25, 0.3) is 0 Å². The molecule has 0 radical (unpaired) electrons. The topological polar surface area (TPSA) is 30.3 Å². The molecular weight excluding hydrogens is 454 g/mol. The molecular formula is C33H59N3O. The summed E-state index contributed by atoms with van der Waals surface area (Å²) in [4.78, 5) is 2.58. The highest BCUT2D eigenvalue weighted by Gasteiger charge is 2.33. The minimum Gasteiger partial charge on any atom is -0.488 e. The molecule has 0 unspecified atom stereocenters. The first-order valence-corrected chi connectivity index (χ1v) is 14.4. The van der Waals surface area contributed by atoms with Crippen LogP contribution in [0.1, 0.15) is 115 Å². The Morgan fingerprint density at radius 3 is 1.51 bits per heavy atom. The number of hydrogen-bond acceptors (Lipinski definition) is 3. The second-order valence-electron chi connectivity index (χ2n) is 14.5. The Morgan fingerprint density at radius 2 is 1.24 bits per heavy atom. The van der Waals surface area contributed by atoms with Gasteiger partial charge in [0.05, 0.1) is 5.54 Å². The van der Waals surface area contributed by atoms with Gasteiger partial charge in [-0.25, -0.2) is 0 Å². The Balaban J connectivity index is 0.000000249. The first-order chi connectivity index (χ1) is 16.9. The summed E-state index contributed by atoms with van der Waals surface area (Å²) in [5.41, 5.74) is 1.05. The van der Waals surface area contributed by atoms with Gasteiger partial charge in [0, 0.05) is 17.9 Å². The van der Waals surface area contributed by atoms with Gasteiger partial charge in [-0.2, -0.15) is 5.10 Å². The number of hydrogen-bond donors (Lipinski definition) is 0. The fourth-order valence-electron chi connectivity index (χ4n) is 4.02. The Hall–Kier alpha value is -1.81. The molecule has 4 rings (SSSR count). The molecule has 0 N–H and O–H groups in total. The number of piperidine rings is 1. The smallest absolute Gasteiger partial charge is 0.120 e. The summed E-state index contributed by atoms with van der Waals surface area (Å²) >= 11 is 0. The van der Waals surface area contributed by atoms with Gasteiger partial charge in [-0.3, -0.25) is 9.58 Å². The van der Waals surface area contributed by atoms with Crippen molar-refractivity contribution in [1.29, 1.82) is 0 Å². The Bertz CT molecular complexity index is 821. The molecule has 2 aromatic rings. The van der Waals surface area contributed by atoms with Crippen molar-refractivity contribution >= 4 is 0 Å². The Kier molecular flexibility index (Phi) is 12.9. The van der Waals surface area contributed by atoms with Crippen molar-refractivity contribution in [3.63, 3.8) is 0 Å². The molecule has 2 fully saturated rings. The molecule has 212 valence electrons. The van der Waals surface area contributed by atoms with Crippen LogP contribution in [0.5, 0.6) is 5.75 Å². The summed E-state index contributed by atoms with van der Waals surface area (Å²) in [6, 6.07) is 11.8. The standard InChI is InChI=1S/C10H14O.C9H19N.C7H12N2.C7H14/c1-10(2,3)11-9-7-5-4-6-8-9;1-9(2,3)10-7-5-4-6-8-10;1-7(2,3)9-6-4-5-8-9;1-7(2,3)6-4-5-6/h4-8H,1-3H3;4-8H2,1-3H3;4-6H,1-3H3;6H,4-5H2,1-3H3. The first-order valence-electron chi connectivity index (χ1n) is 14.4. The van der Waals surface area contributed by atoms with Gasteiger partial charge in [0.1, 0.15) is 11.4 Å². The summed E-state index contributed by atoms with van der Waals surface area (Å²) in [5, 5.41) is 4.10. The highest BCUT2D eigenvalue weighted by Crippen LogP contribution is 2.44. The highest BCUT2D eigenvalue weighted by molar-refractivity contribution is 5.21. The fourth-order valence-corrected chi connectivity index (χ4v) is 4.02. The molecule has 1 aromatic carbocycles. The van der Waals surface area contributed by atoms with Crippen LogP contribution in [-0.2, 0) is 5.54 Å². The zero-order valence-electron chi connectivity index (χ0n) is 26.4. The quantitative estimate of drug-likeness (QED) is 0.381. The van der Waals surface area contributed by atoms with Gasteiger partial charge >= 0.3 is 0 Å². The molecule has 0 bridgehead atoms. The summed E-state index contributed by atoms with van der Waals surface area (Å²) in [5.74, 6) is 1.98. The maximum absolute atomic E-state index is 5.60. The molecule has 2 heterocycles. The second kappa shape index (κ2) is 14.4. The minimum atomic E-state index is -0.0959. The van der Waals surface area contributed by atoms with E-state index in [2.05, 4.69) is 72.3 Å². The maximum Gasteiger partial charge on any atom is 0.120 e. The number of nitrogens with zero attached hydrogens (tertiary/aromatic N) is 3. The van der Waals surface area contributed by atoms with Crippen LogP contribution in [0.3, 0.4) is 0 Å². The van der Waals surface area contributed by atoms with Crippen molar-refractivity contribution in [1.82, 2.24) is 14.7 Å². The minimum absolute atomic E-state index is 0.0959. The third-order valence-corrected chi connectivity index (χ3v) is 6.47. The average Bonchev–Trinajstić information content (AvgIpc) is 3.49. The van der Waals surface area contributed by atoms with E-state index in [1.165, 1.54) is 45.2 Å². The van der Waals surface area contributed by atoms with E-state index in [4.69, 9.17) is 4.74 Å². The van der Waals surface area contributed by atoms with Crippen LogP contribution in [0.15, 0.2) is 48.8 Å². The molecule has 2 aliphatic rings. The first kappa shape index (κ1) is 33.2. The molecule has 4 nitrogen and oxygen atoms in total. The summed E-state index contributed by atoms with van der Waals surface area (Å²) in [7, 11) is 0. The number of benzene rings is 1. The monoisotopic (exact) mass is 513 g/mol. The normalized spacial score (nSPS) is 16.8. The van der Waals surface area contributed by atoms with Gasteiger partial charge in [0.2, 0.25) is 0 Å². The van der Waals surface area contributed by atoms with E-state index < -0.39 is 0 Å². The molecule has 1 saturated carbocycles. The van der Waals surface area contributed by atoms with Gasteiger partial charge in [-0.05, 0) is 131 Å². The van der Waals surface area contributed by atoms with Crippen LogP contribution < -0.4 is 4.74 Å². The van der Waals surface area contributed by atoms with Gasteiger partial charge in [0.15, 0.2) is 0 Å². The fraction of sp³-hybridized carbons (Fsp3) is 0.727. The highest BCUT2D eigenvalue weighted by atomic mass is 16.5. The molecule has 0 spiro atoms. The van der Waals surface area contributed by atoms with Crippen molar-refractivity contribution in [3.8, 4) is 5.75 Å². The predicted molar refractivity (Wildman–Crippen MR) is 161 cm³/mol. The zero-order chi connectivity index (χ0) is 28.3. The van der Waals surface area contributed by atoms with E-state index in [0.717, 1.165) is 11.7 Å². The zero-order valence-corrected chi connectivity index (χ0v) is 26.4. The summed E-state index contributed by atoms with van der Waals surface area (Å²) in [6.45, 7) is 29.0. The molecule has 4 heteroatoms. The van der Waals surface area contributed by atoms with Crippen LogP contribution in [-0.4, -0.2) is 38.9 Å². The van der Waals surface area contributed by atoms with Crippen LogP contribution in [0, 0.1) is 11.3 Å². The van der Waals surface area contributed by atoms with Crippen LogP contribution in [0.4, 0.5) is 0 Å². The number of aromatic nitrogens is 2. The number of para-hydroxylation sites is 1. The molecule has 0 amide bonds. The predicted octanol–water partition coefficient (Wildman–Crippen LogP) is 9.22. The van der Waals surface area contributed by atoms with Crippen molar-refractivity contribution in [2.24, 2.45) is 11.3 Å². The lowest BCUT2D eigenvalue weighted by atomic mass is 9.91. The van der Waals surface area contributed by atoms with E-state index in [-0.39, 0.29) is 11.1 Å². The molecule has 1 aliphatic carbocycles. The average molecular weight is 514 g/mol. The van der Waals surface area contributed by atoms with Crippen molar-refractivity contribution in [2.45, 2.75) is 132 Å².